The Morgan fingerprint density at radius 1 is 1.21 bits per heavy atom. The molecule has 0 saturated heterocycles. The molecule has 0 aromatic carbocycles. The van der Waals surface area contributed by atoms with Gasteiger partial charge in [-0.1, -0.05) is 0 Å². The minimum atomic E-state index is 0.605. The van der Waals surface area contributed by atoms with Crippen LogP contribution >= 0.6 is 15.9 Å². The van der Waals surface area contributed by atoms with Gasteiger partial charge in [0.15, 0.2) is 0 Å². The lowest BCUT2D eigenvalue weighted by Gasteiger charge is -2.01. The molecule has 0 bridgehead atoms. The largest absolute Gasteiger partial charge is 0.250 e. The molecule has 0 N–H and O–H groups in total. The maximum atomic E-state index is 4.29. The van der Waals surface area contributed by atoms with Gasteiger partial charge in [-0.2, -0.15) is 5.10 Å². The van der Waals surface area contributed by atoms with Gasteiger partial charge in [0.05, 0.1) is 10.7 Å². The number of aryl methyl sites for hydroxylation is 2. The summed E-state index contributed by atoms with van der Waals surface area (Å²) in [6.45, 7) is 3.88. The Hall–Kier alpha value is -1.23. The van der Waals surface area contributed by atoms with Crippen LogP contribution in [0, 0.1) is 13.8 Å². The van der Waals surface area contributed by atoms with Gasteiger partial charge in [0.25, 0.3) is 5.95 Å². The molecule has 0 aliphatic rings. The Labute approximate surface area is 90.1 Å². The number of nitrogens with zero attached hydrogens (tertiary/aromatic N) is 4. The molecule has 2 aromatic heterocycles. The van der Waals surface area contributed by atoms with Crippen LogP contribution in [-0.4, -0.2) is 19.7 Å². The van der Waals surface area contributed by atoms with Crippen LogP contribution < -0.4 is 0 Å². The predicted molar refractivity (Wildman–Crippen MR) is 56.3 cm³/mol. The van der Waals surface area contributed by atoms with E-state index in [1.54, 1.807) is 10.9 Å². The van der Waals surface area contributed by atoms with Gasteiger partial charge in [0.2, 0.25) is 0 Å². The van der Waals surface area contributed by atoms with Crippen LogP contribution in [0.4, 0.5) is 0 Å². The summed E-state index contributed by atoms with van der Waals surface area (Å²) in [5.74, 6) is 0.605. The minimum Gasteiger partial charge on any atom is -0.216 e. The lowest BCUT2D eigenvalue weighted by atomic mass is 10.4. The molecule has 0 spiro atoms. The summed E-state index contributed by atoms with van der Waals surface area (Å²) >= 11 is 3.33. The molecule has 0 radical (unpaired) electrons. The molecule has 0 atom stereocenters. The van der Waals surface area contributed by atoms with Crippen LogP contribution in [0.5, 0.6) is 0 Å². The maximum Gasteiger partial charge on any atom is 0.250 e. The van der Waals surface area contributed by atoms with Crippen molar-refractivity contribution in [3.63, 3.8) is 0 Å². The first-order valence-corrected chi connectivity index (χ1v) is 4.97. The van der Waals surface area contributed by atoms with Gasteiger partial charge >= 0.3 is 0 Å². The second-order valence-electron chi connectivity index (χ2n) is 3.05. The van der Waals surface area contributed by atoms with Crippen LogP contribution in [-0.2, 0) is 0 Å². The number of hydrogen-bond donors (Lipinski definition) is 0. The predicted octanol–water partition coefficient (Wildman–Crippen LogP) is 2.04. The molecule has 2 rings (SSSR count). The fraction of sp³-hybridized carbons (Fsp3) is 0.222. The zero-order chi connectivity index (χ0) is 10.1. The summed E-state index contributed by atoms with van der Waals surface area (Å²) in [6.07, 6.45) is 3.54. The quantitative estimate of drug-likeness (QED) is 0.781. The number of rotatable bonds is 1. The van der Waals surface area contributed by atoms with Crippen molar-refractivity contribution < 1.29 is 0 Å². The van der Waals surface area contributed by atoms with Gasteiger partial charge in [0, 0.05) is 17.6 Å². The Morgan fingerprint density at radius 2 is 1.86 bits per heavy atom. The topological polar surface area (TPSA) is 43.6 Å². The van der Waals surface area contributed by atoms with Crippen LogP contribution in [0.1, 0.15) is 11.4 Å². The molecular weight excluding hydrogens is 244 g/mol. The Balaban J connectivity index is 2.51. The molecule has 0 aliphatic carbocycles. The zero-order valence-electron chi connectivity index (χ0n) is 7.90. The van der Waals surface area contributed by atoms with Crippen molar-refractivity contribution in [1.29, 1.82) is 0 Å². The monoisotopic (exact) mass is 252 g/mol. The molecule has 2 heterocycles. The highest BCUT2D eigenvalue weighted by molar-refractivity contribution is 9.10. The molecule has 2 aromatic rings. The van der Waals surface area contributed by atoms with Crippen LogP contribution in [0.2, 0.25) is 0 Å². The summed E-state index contributed by atoms with van der Waals surface area (Å²) in [5.41, 5.74) is 1.89. The van der Waals surface area contributed by atoms with Gasteiger partial charge in [-0.25, -0.2) is 14.6 Å². The average Bonchev–Trinajstić information content (AvgIpc) is 2.50. The van der Waals surface area contributed by atoms with E-state index < -0.39 is 0 Å². The minimum absolute atomic E-state index is 0.605. The summed E-state index contributed by atoms with van der Waals surface area (Å²) in [4.78, 5) is 8.57. The fourth-order valence-corrected chi connectivity index (χ4v) is 1.51. The van der Waals surface area contributed by atoms with Crippen LogP contribution in [0.3, 0.4) is 0 Å². The third kappa shape index (κ3) is 1.82. The standard InChI is InChI=1S/C9H9BrN4/c1-6-3-7(2)13-9(12-6)14-5-8(10)4-11-14/h3-5H,1-2H3. The van der Waals surface area contributed by atoms with Crippen molar-refractivity contribution in [2.24, 2.45) is 0 Å². The van der Waals surface area contributed by atoms with E-state index in [9.17, 15) is 0 Å². The first kappa shape index (κ1) is 9.33. The van der Waals surface area contributed by atoms with E-state index >= 15 is 0 Å². The van der Waals surface area contributed by atoms with E-state index in [1.165, 1.54) is 0 Å². The van der Waals surface area contributed by atoms with Gasteiger partial charge in [-0.3, -0.25) is 0 Å². The molecule has 0 fully saturated rings. The molecule has 14 heavy (non-hydrogen) atoms. The lowest BCUT2D eigenvalue weighted by molar-refractivity contribution is 0.793. The molecule has 0 saturated carbocycles. The highest BCUT2D eigenvalue weighted by atomic mass is 79.9. The second kappa shape index (κ2) is 3.49. The summed E-state index contributed by atoms with van der Waals surface area (Å²) in [7, 11) is 0. The van der Waals surface area contributed by atoms with E-state index in [0.717, 1.165) is 15.9 Å². The Bertz CT molecular complexity index is 443. The van der Waals surface area contributed by atoms with Gasteiger partial charge in [-0.15, -0.1) is 0 Å². The first-order chi connectivity index (χ1) is 6.65. The van der Waals surface area contributed by atoms with Crippen molar-refractivity contribution in [3.8, 4) is 5.95 Å². The Kier molecular flexibility index (Phi) is 2.33. The third-order valence-electron chi connectivity index (χ3n) is 1.73. The van der Waals surface area contributed by atoms with Crippen molar-refractivity contribution in [2.75, 3.05) is 0 Å². The van der Waals surface area contributed by atoms with Gasteiger partial charge in [0.1, 0.15) is 0 Å². The van der Waals surface area contributed by atoms with Gasteiger partial charge in [-0.05, 0) is 35.8 Å². The number of aromatic nitrogens is 4. The average molecular weight is 253 g/mol. The fourth-order valence-electron chi connectivity index (χ4n) is 1.22. The molecule has 72 valence electrons. The molecule has 5 heteroatoms. The van der Waals surface area contributed by atoms with Crippen molar-refractivity contribution in [1.82, 2.24) is 19.7 Å². The van der Waals surface area contributed by atoms with Crippen LogP contribution in [0.25, 0.3) is 5.95 Å². The van der Waals surface area contributed by atoms with Crippen molar-refractivity contribution in [2.45, 2.75) is 13.8 Å². The third-order valence-corrected chi connectivity index (χ3v) is 2.14. The van der Waals surface area contributed by atoms with E-state index in [1.807, 2.05) is 26.1 Å². The van der Waals surface area contributed by atoms with Gasteiger partial charge < -0.3 is 0 Å². The maximum absolute atomic E-state index is 4.29. The summed E-state index contributed by atoms with van der Waals surface area (Å²) in [5, 5.41) is 4.11. The molecule has 0 unspecified atom stereocenters. The molecular formula is C9H9BrN4. The summed E-state index contributed by atoms with van der Waals surface area (Å²) in [6, 6.07) is 1.93. The normalized spacial score (nSPS) is 10.5. The van der Waals surface area contributed by atoms with Crippen molar-refractivity contribution in [3.05, 3.63) is 34.3 Å². The number of halogens is 1. The van der Waals surface area contributed by atoms with E-state index in [0.29, 0.717) is 5.95 Å². The lowest BCUT2D eigenvalue weighted by Crippen LogP contribution is -2.03. The summed E-state index contributed by atoms with van der Waals surface area (Å²) < 4.78 is 2.56. The molecule has 4 nitrogen and oxygen atoms in total. The first-order valence-electron chi connectivity index (χ1n) is 4.18. The van der Waals surface area contributed by atoms with Crippen molar-refractivity contribution >= 4 is 15.9 Å². The van der Waals surface area contributed by atoms with E-state index in [-0.39, 0.29) is 0 Å². The van der Waals surface area contributed by atoms with Crippen LogP contribution in [0.15, 0.2) is 22.9 Å². The molecule has 0 amide bonds. The highest BCUT2D eigenvalue weighted by Gasteiger charge is 2.03. The van der Waals surface area contributed by atoms with E-state index in [4.69, 9.17) is 0 Å². The second-order valence-corrected chi connectivity index (χ2v) is 3.97. The van der Waals surface area contributed by atoms with E-state index in [2.05, 4.69) is 31.0 Å². The SMILES string of the molecule is Cc1cc(C)nc(-n2cc(Br)cn2)n1. The Morgan fingerprint density at radius 3 is 2.36 bits per heavy atom. The number of hydrogen-bond acceptors (Lipinski definition) is 3. The highest BCUT2D eigenvalue weighted by Crippen LogP contribution is 2.10. The smallest absolute Gasteiger partial charge is 0.216 e. The molecule has 0 aliphatic heterocycles. The zero-order valence-corrected chi connectivity index (χ0v) is 9.48.